The highest BCUT2D eigenvalue weighted by Gasteiger charge is 2.26. The molecule has 0 saturated carbocycles. The lowest BCUT2D eigenvalue weighted by Gasteiger charge is -2.14. The zero-order valence-electron chi connectivity index (χ0n) is 19.7. The molecular formula is C25H20ClFN8O2. The predicted octanol–water partition coefficient (Wildman–Crippen LogP) is 5.58. The van der Waals surface area contributed by atoms with Gasteiger partial charge in [0.25, 0.3) is 6.02 Å². The van der Waals surface area contributed by atoms with Gasteiger partial charge in [0.05, 0.1) is 16.7 Å². The molecule has 1 aliphatic rings. The normalized spacial score (nSPS) is 14.4. The topological polar surface area (TPSA) is 111 Å². The van der Waals surface area contributed by atoms with Crippen LogP contribution in [0, 0.1) is 5.82 Å². The third kappa shape index (κ3) is 4.45. The molecule has 2 N–H and O–H groups in total. The van der Waals surface area contributed by atoms with Crippen LogP contribution in [0.3, 0.4) is 0 Å². The van der Waals surface area contributed by atoms with Gasteiger partial charge in [0.15, 0.2) is 17.2 Å². The molecule has 2 aromatic carbocycles. The molecule has 5 aromatic rings. The van der Waals surface area contributed by atoms with Crippen LogP contribution in [0.4, 0.5) is 21.6 Å². The van der Waals surface area contributed by atoms with E-state index in [0.717, 1.165) is 5.69 Å². The number of pyridine rings is 1. The molecule has 0 bridgehead atoms. The van der Waals surface area contributed by atoms with E-state index < -0.39 is 5.82 Å². The van der Waals surface area contributed by atoms with Gasteiger partial charge in [-0.05, 0) is 56.3 Å². The maximum atomic E-state index is 15.3. The lowest BCUT2D eigenvalue weighted by molar-refractivity contribution is 0.278. The van der Waals surface area contributed by atoms with Crippen molar-refractivity contribution in [3.8, 4) is 11.5 Å². The fraction of sp³-hybridized carbons (Fsp3) is 0.160. The Morgan fingerprint density at radius 2 is 1.95 bits per heavy atom. The molecule has 4 heterocycles. The van der Waals surface area contributed by atoms with Gasteiger partial charge in [0.2, 0.25) is 0 Å². The number of halogens is 2. The molecular weight excluding hydrogens is 499 g/mol. The fourth-order valence-corrected chi connectivity index (χ4v) is 4.06. The highest BCUT2D eigenvalue weighted by atomic mass is 35.5. The number of hydrogen-bond acceptors (Lipinski definition) is 9. The molecule has 0 aliphatic carbocycles. The maximum Gasteiger partial charge on any atom is 0.289 e. The number of benzene rings is 2. The van der Waals surface area contributed by atoms with Gasteiger partial charge in [-0.1, -0.05) is 11.6 Å². The number of fused-ring (bicyclic) bond motifs is 2. The van der Waals surface area contributed by atoms with E-state index in [-0.39, 0.29) is 22.0 Å². The molecule has 0 spiro atoms. The van der Waals surface area contributed by atoms with E-state index >= 15 is 4.39 Å². The fourth-order valence-electron chi connectivity index (χ4n) is 3.86. The maximum absolute atomic E-state index is 15.3. The van der Waals surface area contributed by atoms with Gasteiger partial charge in [0, 0.05) is 17.3 Å². The first kappa shape index (κ1) is 22.9. The van der Waals surface area contributed by atoms with Gasteiger partial charge in [-0.15, -0.1) is 0 Å². The number of amidine groups is 1. The van der Waals surface area contributed by atoms with Gasteiger partial charge in [-0.25, -0.2) is 28.9 Å². The number of nitrogens with one attached hydrogen (secondary N) is 2. The van der Waals surface area contributed by atoms with Gasteiger partial charge >= 0.3 is 0 Å². The van der Waals surface area contributed by atoms with E-state index in [4.69, 9.17) is 21.1 Å². The van der Waals surface area contributed by atoms with E-state index in [0.29, 0.717) is 40.7 Å². The second kappa shape index (κ2) is 8.86. The Bertz CT molecular complexity index is 1690. The van der Waals surface area contributed by atoms with Crippen molar-refractivity contribution in [2.75, 3.05) is 17.2 Å². The standard InChI is InChI=1S/C25H20ClFN8O2/c1-25(2)11-36-24(34-25)32-14-5-6-16-15(10-14)22(29-12-28-16)33-17-7-8-18(20(26)21(17)27)37-19-4-3-9-35-23(19)30-13-31-35/h3-10,12-13H,11H2,1-2H3,(H,32,34)(H,28,29,33). The summed E-state index contributed by atoms with van der Waals surface area (Å²) in [5.74, 6) is 0.243. The third-order valence-corrected chi connectivity index (χ3v) is 5.99. The van der Waals surface area contributed by atoms with E-state index in [1.54, 1.807) is 28.9 Å². The van der Waals surface area contributed by atoms with Crippen LogP contribution < -0.4 is 15.4 Å². The van der Waals surface area contributed by atoms with Crippen LogP contribution >= 0.6 is 11.6 Å². The summed E-state index contributed by atoms with van der Waals surface area (Å²) < 4.78 is 28.3. The highest BCUT2D eigenvalue weighted by molar-refractivity contribution is 6.32. The zero-order chi connectivity index (χ0) is 25.6. The van der Waals surface area contributed by atoms with Crippen molar-refractivity contribution in [3.05, 3.63) is 72.2 Å². The summed E-state index contributed by atoms with van der Waals surface area (Å²) in [5.41, 5.74) is 1.72. The Labute approximate surface area is 215 Å². The minimum Gasteiger partial charge on any atom is -0.462 e. The first-order valence-electron chi connectivity index (χ1n) is 11.3. The molecule has 10 nitrogen and oxygen atoms in total. The molecule has 186 valence electrons. The molecule has 37 heavy (non-hydrogen) atoms. The summed E-state index contributed by atoms with van der Waals surface area (Å²) in [7, 11) is 0. The Morgan fingerprint density at radius 1 is 1.05 bits per heavy atom. The quantitative estimate of drug-likeness (QED) is 0.310. The second-order valence-corrected chi connectivity index (χ2v) is 9.34. The monoisotopic (exact) mass is 518 g/mol. The lowest BCUT2D eigenvalue weighted by Crippen LogP contribution is -2.17. The van der Waals surface area contributed by atoms with Crippen LogP contribution in [0.1, 0.15) is 13.8 Å². The first-order valence-corrected chi connectivity index (χ1v) is 11.7. The van der Waals surface area contributed by atoms with E-state index in [2.05, 4.69) is 35.7 Å². The Kier molecular flexibility index (Phi) is 5.49. The molecule has 0 amide bonds. The van der Waals surface area contributed by atoms with Crippen molar-refractivity contribution in [3.63, 3.8) is 0 Å². The van der Waals surface area contributed by atoms with Crippen molar-refractivity contribution in [2.45, 2.75) is 19.4 Å². The van der Waals surface area contributed by atoms with Crippen molar-refractivity contribution in [1.82, 2.24) is 24.6 Å². The summed E-state index contributed by atoms with van der Waals surface area (Å²) in [6, 6.07) is 12.5. The van der Waals surface area contributed by atoms with Crippen molar-refractivity contribution >= 4 is 51.4 Å². The van der Waals surface area contributed by atoms with Gasteiger partial charge in [0.1, 0.15) is 35.9 Å². The van der Waals surface area contributed by atoms with Gasteiger partial charge in [-0.3, -0.25) is 0 Å². The highest BCUT2D eigenvalue weighted by Crippen LogP contribution is 2.37. The van der Waals surface area contributed by atoms with Crippen molar-refractivity contribution in [2.24, 2.45) is 4.99 Å². The molecule has 0 atom stereocenters. The number of anilines is 3. The predicted molar refractivity (Wildman–Crippen MR) is 138 cm³/mol. The number of hydrogen-bond donors (Lipinski definition) is 2. The molecule has 0 saturated heterocycles. The zero-order valence-corrected chi connectivity index (χ0v) is 20.5. The molecule has 12 heteroatoms. The van der Waals surface area contributed by atoms with Crippen molar-refractivity contribution in [1.29, 1.82) is 0 Å². The molecule has 0 unspecified atom stereocenters. The van der Waals surface area contributed by atoms with Crippen LogP contribution in [0.15, 0.2) is 66.3 Å². The summed E-state index contributed by atoms with van der Waals surface area (Å²) in [4.78, 5) is 17.3. The molecule has 6 rings (SSSR count). The minimum absolute atomic E-state index is 0.127. The average Bonchev–Trinajstić information content (AvgIpc) is 3.50. The summed E-state index contributed by atoms with van der Waals surface area (Å²) in [6.07, 6.45) is 4.53. The summed E-state index contributed by atoms with van der Waals surface area (Å²) in [5, 5.41) is 10.7. The first-order chi connectivity index (χ1) is 17.9. The van der Waals surface area contributed by atoms with Crippen LogP contribution in [0.25, 0.3) is 16.6 Å². The number of aromatic nitrogens is 5. The van der Waals surface area contributed by atoms with E-state index in [1.807, 2.05) is 32.0 Å². The average molecular weight is 519 g/mol. The van der Waals surface area contributed by atoms with Crippen LogP contribution in [-0.4, -0.2) is 42.7 Å². The molecule has 0 radical (unpaired) electrons. The summed E-state index contributed by atoms with van der Waals surface area (Å²) >= 11 is 6.35. The Hall–Kier alpha value is -4.51. The Balaban J connectivity index is 1.29. The number of rotatable bonds is 5. The van der Waals surface area contributed by atoms with Crippen LogP contribution in [0.5, 0.6) is 11.5 Å². The van der Waals surface area contributed by atoms with E-state index in [1.165, 1.54) is 18.7 Å². The minimum atomic E-state index is -0.690. The molecule has 3 aromatic heterocycles. The molecule has 1 aliphatic heterocycles. The number of aliphatic imine (C=N–C) groups is 1. The number of ether oxygens (including phenoxy) is 2. The van der Waals surface area contributed by atoms with Crippen LogP contribution in [-0.2, 0) is 4.74 Å². The van der Waals surface area contributed by atoms with Crippen molar-refractivity contribution < 1.29 is 13.9 Å². The SMILES string of the molecule is CC1(C)COC(Nc2ccc3ncnc(Nc4ccc(Oc5cccn6ncnc56)c(Cl)c4F)c3c2)=N1. The van der Waals surface area contributed by atoms with E-state index in [9.17, 15) is 0 Å². The molecule has 0 fully saturated rings. The van der Waals surface area contributed by atoms with Crippen LogP contribution in [0.2, 0.25) is 5.02 Å². The largest absolute Gasteiger partial charge is 0.462 e. The lowest BCUT2D eigenvalue weighted by atomic mass is 10.1. The Morgan fingerprint density at radius 3 is 2.78 bits per heavy atom. The number of nitrogens with zero attached hydrogens (tertiary/aromatic N) is 6. The van der Waals surface area contributed by atoms with Gasteiger partial charge in [-0.2, -0.15) is 5.10 Å². The third-order valence-electron chi connectivity index (χ3n) is 5.64. The van der Waals surface area contributed by atoms with Gasteiger partial charge < -0.3 is 20.1 Å². The smallest absolute Gasteiger partial charge is 0.289 e. The second-order valence-electron chi connectivity index (χ2n) is 8.96. The summed E-state index contributed by atoms with van der Waals surface area (Å²) in [6.45, 7) is 4.47.